The molecule has 8 rings (SSSR count). The van der Waals surface area contributed by atoms with Crippen LogP contribution in [0, 0.1) is 23.7 Å². The van der Waals surface area contributed by atoms with Crippen molar-refractivity contribution in [2.24, 2.45) is 23.7 Å². The largest absolute Gasteiger partial charge is 0.449 e. The van der Waals surface area contributed by atoms with Gasteiger partial charge >= 0.3 is 6.09 Å². The van der Waals surface area contributed by atoms with Gasteiger partial charge in [0.15, 0.2) is 6.29 Å². The number of fused-ring (bicyclic) bond motifs is 8. The van der Waals surface area contributed by atoms with Crippen molar-refractivity contribution in [3.05, 3.63) is 84.0 Å². The Labute approximate surface area is 237 Å². The Kier molecular flexibility index (Phi) is 6.43. The van der Waals surface area contributed by atoms with Crippen molar-refractivity contribution >= 4 is 6.09 Å². The topological polar surface area (TPSA) is 67.8 Å². The molecule has 0 aliphatic heterocycles. The third kappa shape index (κ3) is 4.24. The van der Waals surface area contributed by atoms with Crippen molar-refractivity contribution in [3.63, 3.8) is 0 Å². The fraction of sp³-hybridized carbons (Fsp3) is 0.514. The van der Waals surface area contributed by atoms with Crippen molar-refractivity contribution < 1.29 is 19.4 Å². The number of rotatable bonds is 7. The fourth-order valence-electron chi connectivity index (χ4n) is 8.30. The number of allylic oxidation sites excluding steroid dienone is 1. The molecule has 0 aromatic heterocycles. The molecule has 2 N–H and O–H groups in total. The highest BCUT2D eigenvalue weighted by Gasteiger charge is 2.62. The van der Waals surface area contributed by atoms with E-state index in [-0.39, 0.29) is 18.4 Å². The summed E-state index contributed by atoms with van der Waals surface area (Å²) in [6, 6.07) is 16.6. The molecule has 6 aliphatic carbocycles. The first-order chi connectivity index (χ1) is 19.5. The minimum atomic E-state index is -1.13. The lowest BCUT2D eigenvalue weighted by atomic mass is 9.82. The van der Waals surface area contributed by atoms with Crippen molar-refractivity contribution in [1.82, 2.24) is 5.32 Å². The lowest BCUT2D eigenvalue weighted by molar-refractivity contribution is -0.197. The molecule has 0 saturated heterocycles. The summed E-state index contributed by atoms with van der Waals surface area (Å²) in [6.07, 6.45) is 11.1. The minimum absolute atomic E-state index is 0.0134. The lowest BCUT2D eigenvalue weighted by Gasteiger charge is -2.40. The highest BCUT2D eigenvalue weighted by atomic mass is 16.6. The number of aliphatic hydroxyl groups is 1. The van der Waals surface area contributed by atoms with Gasteiger partial charge in [0.05, 0.1) is 5.60 Å². The summed E-state index contributed by atoms with van der Waals surface area (Å²) >= 11 is 0. The number of alkyl carbamates (subject to hydrolysis) is 1. The van der Waals surface area contributed by atoms with Crippen LogP contribution in [0.4, 0.5) is 4.79 Å². The number of carbonyl (C=O) groups excluding carboxylic acids is 1. The Bertz CT molecular complexity index is 1300. The van der Waals surface area contributed by atoms with E-state index in [2.05, 4.69) is 49.2 Å². The molecule has 2 aromatic carbocycles. The Hall–Kier alpha value is -2.89. The van der Waals surface area contributed by atoms with Gasteiger partial charge in [-0.3, -0.25) is 0 Å². The second-order valence-electron chi connectivity index (χ2n) is 12.9. The van der Waals surface area contributed by atoms with Crippen molar-refractivity contribution in [1.29, 1.82) is 0 Å². The molecule has 2 aromatic rings. The molecule has 40 heavy (non-hydrogen) atoms. The number of aliphatic hydroxyl groups excluding tert-OH is 1. The first-order valence-corrected chi connectivity index (χ1v) is 15.3. The maximum atomic E-state index is 13.3. The van der Waals surface area contributed by atoms with Crippen LogP contribution in [0.5, 0.6) is 0 Å². The number of hydrogen-bond acceptors (Lipinski definition) is 4. The average molecular weight is 540 g/mol. The van der Waals surface area contributed by atoms with Gasteiger partial charge < -0.3 is 19.9 Å². The third-order valence-corrected chi connectivity index (χ3v) is 10.9. The van der Waals surface area contributed by atoms with E-state index in [1.165, 1.54) is 47.1 Å². The van der Waals surface area contributed by atoms with Gasteiger partial charge in [0.25, 0.3) is 0 Å². The zero-order valence-corrected chi connectivity index (χ0v) is 23.5. The Balaban J connectivity index is 1.06. The molecule has 7 atom stereocenters. The SMILES string of the molecule is C=C[C@@H]1C[C@]1(NC(=O)OCC1c2ccccc2-c2ccccc21)C(O)OC12CCCCCC3C(CC1)[C@H]3C=C2C. The molecule has 0 radical (unpaired) electrons. The molecule has 1 amide bonds. The van der Waals surface area contributed by atoms with E-state index in [1.807, 2.05) is 30.3 Å². The van der Waals surface area contributed by atoms with Gasteiger partial charge in [0.1, 0.15) is 12.1 Å². The van der Waals surface area contributed by atoms with E-state index in [0.717, 1.165) is 37.5 Å². The lowest BCUT2D eigenvalue weighted by Crippen LogP contribution is -2.52. The fourth-order valence-corrected chi connectivity index (χ4v) is 8.30. The van der Waals surface area contributed by atoms with E-state index >= 15 is 0 Å². The second-order valence-corrected chi connectivity index (χ2v) is 12.9. The van der Waals surface area contributed by atoms with Gasteiger partial charge in [-0.2, -0.15) is 0 Å². The minimum Gasteiger partial charge on any atom is -0.449 e. The van der Waals surface area contributed by atoms with Crippen LogP contribution in [0.2, 0.25) is 0 Å². The van der Waals surface area contributed by atoms with E-state index < -0.39 is 23.5 Å². The monoisotopic (exact) mass is 539 g/mol. The summed E-state index contributed by atoms with van der Waals surface area (Å²) in [5, 5.41) is 14.7. The Morgan fingerprint density at radius 3 is 2.45 bits per heavy atom. The standard InChI is InChI=1S/C35H41NO4/c1-3-23-20-35(23,32(37)40-34-17-10-4-5-11-26-29(16-18-34)30(26)19-22(34)2)36-33(38)39-21-31-27-14-8-6-12-24(27)25-13-7-9-15-28(25)31/h3,6-9,12-15,19,23,26,29-32,37H,1,4-5,10-11,16-18,20-21H2,2H3,(H,36,38)/t23-,26?,29?,30+,32?,34?,35-/m1/s1. The van der Waals surface area contributed by atoms with E-state index in [9.17, 15) is 9.90 Å². The predicted molar refractivity (Wildman–Crippen MR) is 156 cm³/mol. The van der Waals surface area contributed by atoms with Gasteiger partial charge in [-0.05, 0) is 84.6 Å². The van der Waals surface area contributed by atoms with Crippen LogP contribution < -0.4 is 5.32 Å². The van der Waals surface area contributed by atoms with Gasteiger partial charge in [-0.15, -0.1) is 6.58 Å². The van der Waals surface area contributed by atoms with Crippen molar-refractivity contribution in [3.8, 4) is 11.1 Å². The number of amides is 1. The molecule has 6 aliphatic rings. The number of ether oxygens (including phenoxy) is 2. The van der Waals surface area contributed by atoms with E-state index in [1.54, 1.807) is 0 Å². The van der Waals surface area contributed by atoms with E-state index in [0.29, 0.717) is 12.3 Å². The van der Waals surface area contributed by atoms with Gasteiger partial charge in [-0.1, -0.05) is 79.9 Å². The van der Waals surface area contributed by atoms with Gasteiger partial charge in [0.2, 0.25) is 0 Å². The Morgan fingerprint density at radius 1 is 1.05 bits per heavy atom. The van der Waals surface area contributed by atoms with Gasteiger partial charge in [-0.25, -0.2) is 4.79 Å². The molecule has 4 unspecified atom stereocenters. The number of benzene rings is 2. The molecule has 4 bridgehead atoms. The van der Waals surface area contributed by atoms with Crippen LogP contribution in [-0.2, 0) is 9.47 Å². The Morgan fingerprint density at radius 2 is 1.75 bits per heavy atom. The van der Waals surface area contributed by atoms with Crippen molar-refractivity contribution in [2.45, 2.75) is 81.6 Å². The summed E-state index contributed by atoms with van der Waals surface area (Å²) in [6.45, 7) is 6.40. The van der Waals surface area contributed by atoms with Crippen LogP contribution in [0.25, 0.3) is 11.1 Å². The first kappa shape index (κ1) is 26.0. The first-order valence-electron chi connectivity index (χ1n) is 15.3. The molecule has 0 heterocycles. The van der Waals surface area contributed by atoms with Crippen LogP contribution in [0.1, 0.15) is 75.3 Å². The molecule has 3 saturated carbocycles. The molecule has 5 heteroatoms. The maximum Gasteiger partial charge on any atom is 0.407 e. The molecule has 3 fully saturated rings. The average Bonchev–Trinajstić information content (AvgIpc) is 3.84. The number of carbonyl (C=O) groups is 1. The summed E-state index contributed by atoms with van der Waals surface area (Å²) < 4.78 is 12.6. The van der Waals surface area contributed by atoms with Crippen LogP contribution in [0.15, 0.2) is 72.8 Å². The number of nitrogens with one attached hydrogen (secondary N) is 1. The highest BCUT2D eigenvalue weighted by molar-refractivity contribution is 5.79. The molecular weight excluding hydrogens is 498 g/mol. The van der Waals surface area contributed by atoms with Crippen LogP contribution in [-0.4, -0.2) is 35.2 Å². The molecular formula is C35H41NO4. The summed E-state index contributed by atoms with van der Waals surface area (Å²) in [7, 11) is 0. The predicted octanol–water partition coefficient (Wildman–Crippen LogP) is 7.11. The van der Waals surface area contributed by atoms with Crippen LogP contribution >= 0.6 is 0 Å². The highest BCUT2D eigenvalue weighted by Crippen LogP contribution is 2.59. The van der Waals surface area contributed by atoms with Crippen molar-refractivity contribution in [2.75, 3.05) is 6.61 Å². The zero-order valence-electron chi connectivity index (χ0n) is 23.5. The quantitative estimate of drug-likeness (QED) is 0.291. The zero-order chi connectivity index (χ0) is 27.5. The maximum absolute atomic E-state index is 13.3. The molecule has 0 spiro atoms. The summed E-state index contributed by atoms with van der Waals surface area (Å²) in [5.74, 6) is 2.21. The van der Waals surface area contributed by atoms with E-state index in [4.69, 9.17) is 9.47 Å². The summed E-state index contributed by atoms with van der Waals surface area (Å²) in [4.78, 5) is 13.3. The van der Waals surface area contributed by atoms with Crippen LogP contribution in [0.3, 0.4) is 0 Å². The smallest absolute Gasteiger partial charge is 0.407 e. The van der Waals surface area contributed by atoms with Gasteiger partial charge in [0, 0.05) is 11.8 Å². The third-order valence-electron chi connectivity index (χ3n) is 10.9. The molecule has 210 valence electrons. The normalized spacial score (nSPS) is 34.5. The molecule has 5 nitrogen and oxygen atoms in total. The second kappa shape index (κ2) is 9.88. The number of hydrogen-bond donors (Lipinski definition) is 2. The summed E-state index contributed by atoms with van der Waals surface area (Å²) in [5.41, 5.74) is 4.62.